The molecule has 0 N–H and O–H groups in total. The van der Waals surface area contributed by atoms with Gasteiger partial charge < -0.3 is 19.4 Å². The van der Waals surface area contributed by atoms with Gasteiger partial charge in [0.15, 0.2) is 5.60 Å². The van der Waals surface area contributed by atoms with Gasteiger partial charge in [-0.05, 0) is 61.6 Å². The van der Waals surface area contributed by atoms with Crippen LogP contribution in [-0.2, 0) is 15.1 Å². The first kappa shape index (κ1) is 27.4. The summed E-state index contributed by atoms with van der Waals surface area (Å²) in [5.41, 5.74) is 0.752. The van der Waals surface area contributed by atoms with Crippen molar-refractivity contribution in [3.63, 3.8) is 0 Å². The first-order chi connectivity index (χ1) is 17.7. The van der Waals surface area contributed by atoms with Crippen LogP contribution in [0.4, 0.5) is 5.82 Å². The molecule has 2 aromatic rings. The summed E-state index contributed by atoms with van der Waals surface area (Å²) in [6.45, 7) is 5.46. The van der Waals surface area contributed by atoms with Gasteiger partial charge in [0.25, 0.3) is 11.8 Å². The van der Waals surface area contributed by atoms with E-state index in [4.69, 9.17) is 16.3 Å². The molecule has 1 aromatic heterocycles. The first-order valence-corrected chi connectivity index (χ1v) is 13.6. The molecule has 8 heteroatoms. The molecule has 37 heavy (non-hydrogen) atoms. The number of aromatic nitrogens is 1. The maximum atomic E-state index is 13.5. The second kappa shape index (κ2) is 11.4. The van der Waals surface area contributed by atoms with Gasteiger partial charge in [-0.25, -0.2) is 4.98 Å². The van der Waals surface area contributed by atoms with E-state index in [1.165, 1.54) is 4.90 Å². The summed E-state index contributed by atoms with van der Waals surface area (Å²) >= 11 is 6.34. The van der Waals surface area contributed by atoms with E-state index in [9.17, 15) is 9.59 Å². The molecule has 0 radical (unpaired) electrons. The molecule has 7 nitrogen and oxygen atoms in total. The number of carbonyl (C=O) groups is 2. The fraction of sp³-hybridized carbons (Fsp3) is 0.552. The molecule has 0 aliphatic carbocycles. The van der Waals surface area contributed by atoms with Gasteiger partial charge in [-0.2, -0.15) is 0 Å². The van der Waals surface area contributed by atoms with Gasteiger partial charge >= 0.3 is 0 Å². The van der Waals surface area contributed by atoms with Gasteiger partial charge in [0, 0.05) is 47.4 Å². The highest BCUT2D eigenvalue weighted by atomic mass is 35.5. The van der Waals surface area contributed by atoms with Crippen LogP contribution in [0, 0.1) is 5.41 Å². The van der Waals surface area contributed by atoms with Crippen molar-refractivity contribution >= 4 is 29.2 Å². The molecule has 2 aliphatic rings. The molecule has 4 rings (SSSR count). The monoisotopic (exact) mass is 526 g/mol. The van der Waals surface area contributed by atoms with Crippen molar-refractivity contribution in [2.75, 3.05) is 52.3 Å². The number of hydrogen-bond acceptors (Lipinski definition) is 5. The van der Waals surface area contributed by atoms with E-state index in [1.54, 1.807) is 20.2 Å². The Kier molecular flexibility index (Phi) is 8.44. The van der Waals surface area contributed by atoms with Gasteiger partial charge in [-0.15, -0.1) is 0 Å². The largest absolute Gasteiger partial charge is 0.360 e. The van der Waals surface area contributed by atoms with Gasteiger partial charge in [-0.1, -0.05) is 48.9 Å². The molecular weight excluding hydrogens is 488 g/mol. The second-order valence-electron chi connectivity index (χ2n) is 11.0. The molecule has 200 valence electrons. The van der Waals surface area contributed by atoms with Gasteiger partial charge in [0.2, 0.25) is 0 Å². The van der Waals surface area contributed by atoms with Crippen LogP contribution < -0.4 is 4.90 Å². The Morgan fingerprint density at radius 1 is 1.05 bits per heavy atom. The number of benzene rings is 1. The molecule has 2 amide bonds. The van der Waals surface area contributed by atoms with Crippen LogP contribution in [0.25, 0.3) is 0 Å². The number of rotatable bonds is 8. The number of carbonyl (C=O) groups excluding carboxylic acids is 2. The van der Waals surface area contributed by atoms with E-state index in [-0.39, 0.29) is 22.4 Å². The molecule has 2 fully saturated rings. The first-order valence-electron chi connectivity index (χ1n) is 13.2. The zero-order valence-electron chi connectivity index (χ0n) is 22.5. The second-order valence-corrected chi connectivity index (χ2v) is 11.3. The zero-order chi connectivity index (χ0) is 26.6. The number of piperidine rings is 1. The van der Waals surface area contributed by atoms with E-state index in [0.717, 1.165) is 63.0 Å². The van der Waals surface area contributed by atoms with Crippen LogP contribution >= 0.6 is 11.6 Å². The molecule has 1 aromatic carbocycles. The van der Waals surface area contributed by atoms with Gasteiger partial charge in [0.1, 0.15) is 11.0 Å². The average Bonchev–Trinajstić information content (AvgIpc) is 3.40. The molecular formula is C29H39ClN4O3. The SMILES string of the molecule is CN(C)C(=O)c1ccc(N2CCC(C)(CCCN(C)C(=O)[C@]3(c4ccccc4)CCCO3)CC2)nc1Cl. The summed E-state index contributed by atoms with van der Waals surface area (Å²) in [5, 5.41) is 0.247. The summed E-state index contributed by atoms with van der Waals surface area (Å²) in [7, 11) is 5.31. The Morgan fingerprint density at radius 2 is 1.76 bits per heavy atom. The smallest absolute Gasteiger partial charge is 0.259 e. The molecule has 2 aliphatic heterocycles. The zero-order valence-corrected chi connectivity index (χ0v) is 23.3. The number of likely N-dealkylation sites (N-methyl/N-ethyl adjacent to an activating group) is 1. The minimum Gasteiger partial charge on any atom is -0.360 e. The quantitative estimate of drug-likeness (QED) is 0.453. The van der Waals surface area contributed by atoms with Crippen molar-refractivity contribution in [1.82, 2.24) is 14.8 Å². The van der Waals surface area contributed by atoms with Crippen LogP contribution in [0.5, 0.6) is 0 Å². The predicted octanol–water partition coefficient (Wildman–Crippen LogP) is 4.99. The number of nitrogens with zero attached hydrogens (tertiary/aromatic N) is 4. The summed E-state index contributed by atoms with van der Waals surface area (Å²) < 4.78 is 6.09. The third kappa shape index (κ3) is 5.93. The lowest BCUT2D eigenvalue weighted by Gasteiger charge is -2.40. The number of anilines is 1. The molecule has 0 spiro atoms. The normalized spacial score (nSPS) is 21.1. The standard InChI is InChI=1S/C29H39ClN4O3/c1-28(16-19-34(20-17-28)24-13-12-23(25(30)31-24)26(35)32(2)3)14-8-18-33(4)27(36)29(15-9-21-37-29)22-10-6-5-7-11-22/h5-7,10-13H,8-9,14-21H2,1-4H3/t29-/m1/s1. The Morgan fingerprint density at radius 3 is 2.35 bits per heavy atom. The van der Waals surface area contributed by atoms with E-state index in [2.05, 4.69) is 16.8 Å². The van der Waals surface area contributed by atoms with Crippen LogP contribution in [0.2, 0.25) is 5.15 Å². The van der Waals surface area contributed by atoms with Crippen molar-refractivity contribution in [2.24, 2.45) is 5.41 Å². The fourth-order valence-corrected chi connectivity index (χ4v) is 5.78. The fourth-order valence-electron chi connectivity index (χ4n) is 5.55. The highest BCUT2D eigenvalue weighted by Crippen LogP contribution is 2.39. The highest BCUT2D eigenvalue weighted by molar-refractivity contribution is 6.32. The van der Waals surface area contributed by atoms with Crippen LogP contribution in [0.1, 0.15) is 61.4 Å². The van der Waals surface area contributed by atoms with Crippen molar-refractivity contribution in [3.8, 4) is 0 Å². The van der Waals surface area contributed by atoms with E-state index in [1.807, 2.05) is 48.3 Å². The predicted molar refractivity (Wildman–Crippen MR) is 147 cm³/mol. The maximum absolute atomic E-state index is 13.5. The summed E-state index contributed by atoms with van der Waals surface area (Å²) in [5.74, 6) is 0.735. The maximum Gasteiger partial charge on any atom is 0.259 e. The summed E-state index contributed by atoms with van der Waals surface area (Å²) in [6, 6.07) is 13.6. The highest BCUT2D eigenvalue weighted by Gasteiger charge is 2.45. The molecule has 0 bridgehead atoms. The van der Waals surface area contributed by atoms with Crippen molar-refractivity contribution in [1.29, 1.82) is 0 Å². The molecule has 0 saturated carbocycles. The van der Waals surface area contributed by atoms with Crippen molar-refractivity contribution in [3.05, 3.63) is 58.7 Å². The van der Waals surface area contributed by atoms with Crippen LogP contribution in [-0.4, -0.2) is 74.0 Å². The number of hydrogen-bond donors (Lipinski definition) is 0. The Hall–Kier alpha value is -2.64. The third-order valence-corrected chi connectivity index (χ3v) is 8.28. The van der Waals surface area contributed by atoms with Crippen molar-refractivity contribution < 1.29 is 14.3 Å². The van der Waals surface area contributed by atoms with Gasteiger partial charge in [-0.3, -0.25) is 9.59 Å². The third-order valence-electron chi connectivity index (χ3n) is 7.99. The Labute approximate surface area is 225 Å². The Bertz CT molecular complexity index is 1090. The van der Waals surface area contributed by atoms with E-state index >= 15 is 0 Å². The lowest BCUT2D eigenvalue weighted by atomic mass is 9.76. The lowest BCUT2D eigenvalue weighted by Crippen LogP contribution is -2.45. The minimum absolute atomic E-state index is 0.0651. The molecule has 3 heterocycles. The molecule has 0 unspecified atom stereocenters. The van der Waals surface area contributed by atoms with Crippen LogP contribution in [0.15, 0.2) is 42.5 Å². The summed E-state index contributed by atoms with van der Waals surface area (Å²) in [4.78, 5) is 35.9. The summed E-state index contributed by atoms with van der Waals surface area (Å²) in [6.07, 6.45) is 5.73. The Balaban J connectivity index is 1.29. The number of amides is 2. The molecule has 1 atom stereocenters. The minimum atomic E-state index is -0.841. The lowest BCUT2D eigenvalue weighted by molar-refractivity contribution is -0.153. The van der Waals surface area contributed by atoms with Crippen LogP contribution in [0.3, 0.4) is 0 Å². The van der Waals surface area contributed by atoms with E-state index in [0.29, 0.717) is 18.7 Å². The average molecular weight is 527 g/mol. The van der Waals surface area contributed by atoms with Crippen molar-refractivity contribution in [2.45, 2.75) is 51.0 Å². The van der Waals surface area contributed by atoms with E-state index < -0.39 is 5.60 Å². The topological polar surface area (TPSA) is 66.0 Å². The number of pyridine rings is 1. The molecule has 2 saturated heterocycles. The number of ether oxygens (including phenoxy) is 1. The number of halogens is 1. The van der Waals surface area contributed by atoms with Gasteiger partial charge in [0.05, 0.1) is 5.56 Å².